The maximum atomic E-state index is 12.3. The summed E-state index contributed by atoms with van der Waals surface area (Å²) < 4.78 is 5.80. The first-order valence-corrected chi connectivity index (χ1v) is 11.1. The fraction of sp³-hybridized carbons (Fsp3) is 0.0833. The van der Waals surface area contributed by atoms with Crippen molar-refractivity contribution in [2.75, 3.05) is 0 Å². The first-order valence-electron chi connectivity index (χ1n) is 9.50. The van der Waals surface area contributed by atoms with Crippen LogP contribution in [0.3, 0.4) is 0 Å². The minimum Gasteiger partial charge on any atom is -0.489 e. The Hall–Kier alpha value is -2.73. The van der Waals surface area contributed by atoms with Crippen molar-refractivity contribution in [3.8, 4) is 5.75 Å². The van der Waals surface area contributed by atoms with Crippen LogP contribution in [0.1, 0.15) is 16.7 Å². The van der Waals surface area contributed by atoms with Crippen molar-refractivity contribution in [2.24, 2.45) is 4.99 Å². The van der Waals surface area contributed by atoms with Crippen LogP contribution < -0.4 is 10.1 Å². The fourth-order valence-corrected chi connectivity index (χ4v) is 4.17. The zero-order valence-electron chi connectivity index (χ0n) is 16.6. The van der Waals surface area contributed by atoms with Crippen molar-refractivity contribution in [2.45, 2.75) is 13.5 Å². The van der Waals surface area contributed by atoms with Gasteiger partial charge in [-0.3, -0.25) is 4.79 Å². The van der Waals surface area contributed by atoms with E-state index in [0.29, 0.717) is 26.7 Å². The Balaban J connectivity index is 1.43. The number of amidine groups is 1. The number of aryl methyl sites for hydroxylation is 1. The molecule has 1 fully saturated rings. The molecule has 1 amide bonds. The molecule has 4 rings (SSSR count). The van der Waals surface area contributed by atoms with E-state index in [-0.39, 0.29) is 5.91 Å². The largest absolute Gasteiger partial charge is 0.489 e. The summed E-state index contributed by atoms with van der Waals surface area (Å²) in [7, 11) is 0. The summed E-state index contributed by atoms with van der Waals surface area (Å²) in [6.07, 6.45) is 1.83. The molecule has 7 heteroatoms. The molecule has 1 N–H and O–H groups in total. The molecule has 0 unspecified atom stereocenters. The van der Waals surface area contributed by atoms with Gasteiger partial charge in [0.15, 0.2) is 5.17 Å². The fourth-order valence-electron chi connectivity index (χ4n) is 2.92. The third-order valence-electron chi connectivity index (χ3n) is 4.56. The van der Waals surface area contributed by atoms with E-state index >= 15 is 0 Å². The summed E-state index contributed by atoms with van der Waals surface area (Å²) in [5, 5.41) is 4.69. The lowest BCUT2D eigenvalue weighted by Crippen LogP contribution is -2.19. The molecule has 0 bridgehead atoms. The van der Waals surface area contributed by atoms with Crippen molar-refractivity contribution in [1.29, 1.82) is 0 Å². The molecule has 0 saturated carbocycles. The van der Waals surface area contributed by atoms with Gasteiger partial charge in [0.1, 0.15) is 12.4 Å². The van der Waals surface area contributed by atoms with Crippen LogP contribution in [0.4, 0.5) is 5.69 Å². The summed E-state index contributed by atoms with van der Waals surface area (Å²) in [5.74, 6) is 0.556. The van der Waals surface area contributed by atoms with Gasteiger partial charge < -0.3 is 10.1 Å². The molecule has 3 aromatic rings. The highest BCUT2D eigenvalue weighted by molar-refractivity contribution is 8.18. The van der Waals surface area contributed by atoms with Gasteiger partial charge in [-0.1, -0.05) is 53.5 Å². The second kappa shape index (κ2) is 9.60. The van der Waals surface area contributed by atoms with Crippen molar-refractivity contribution in [1.82, 2.24) is 5.32 Å². The van der Waals surface area contributed by atoms with Crippen LogP contribution in [0, 0.1) is 6.92 Å². The van der Waals surface area contributed by atoms with Crippen LogP contribution in [-0.4, -0.2) is 11.1 Å². The maximum absolute atomic E-state index is 12.3. The van der Waals surface area contributed by atoms with Crippen molar-refractivity contribution in [3.63, 3.8) is 0 Å². The molecule has 1 saturated heterocycles. The second-order valence-electron chi connectivity index (χ2n) is 6.86. The molecule has 0 spiro atoms. The zero-order valence-corrected chi connectivity index (χ0v) is 18.9. The smallest absolute Gasteiger partial charge is 0.264 e. The number of halogens is 2. The summed E-state index contributed by atoms with van der Waals surface area (Å²) in [6, 6.07) is 20.6. The standard InChI is InChI=1S/C24H18Cl2N2O2S/c1-15-12-18(25)8-11-21(15)27-24-28-23(29)22(31-24)13-16-6-9-19(10-7-16)30-14-17-4-2-3-5-20(17)26/h2-13H,14H2,1H3,(H,27,28,29)/b22-13-. The number of benzene rings is 3. The lowest BCUT2D eigenvalue weighted by atomic mass is 10.2. The molecule has 156 valence electrons. The van der Waals surface area contributed by atoms with Gasteiger partial charge in [0.05, 0.1) is 10.6 Å². The van der Waals surface area contributed by atoms with Gasteiger partial charge in [-0.05, 0) is 72.3 Å². The zero-order chi connectivity index (χ0) is 21.8. The first-order chi connectivity index (χ1) is 15.0. The van der Waals surface area contributed by atoms with Crippen LogP contribution in [-0.2, 0) is 11.4 Å². The molecule has 0 atom stereocenters. The number of nitrogens with one attached hydrogen (secondary N) is 1. The monoisotopic (exact) mass is 468 g/mol. The molecule has 4 nitrogen and oxygen atoms in total. The van der Waals surface area contributed by atoms with E-state index in [4.69, 9.17) is 27.9 Å². The number of rotatable bonds is 5. The van der Waals surface area contributed by atoms with Crippen LogP contribution >= 0.6 is 35.0 Å². The van der Waals surface area contributed by atoms with Gasteiger partial charge in [0.2, 0.25) is 0 Å². The number of hydrogen-bond acceptors (Lipinski definition) is 4. The molecule has 1 aliphatic heterocycles. The van der Waals surface area contributed by atoms with Crippen LogP contribution in [0.2, 0.25) is 10.0 Å². The van der Waals surface area contributed by atoms with Gasteiger partial charge in [0, 0.05) is 15.6 Å². The van der Waals surface area contributed by atoms with Crippen LogP contribution in [0.25, 0.3) is 6.08 Å². The predicted molar refractivity (Wildman–Crippen MR) is 129 cm³/mol. The quantitative estimate of drug-likeness (QED) is 0.420. The van der Waals surface area contributed by atoms with Crippen molar-refractivity contribution < 1.29 is 9.53 Å². The molecule has 1 aliphatic rings. The van der Waals surface area contributed by atoms with Crippen molar-refractivity contribution in [3.05, 3.63) is 98.4 Å². The Bertz CT molecular complexity index is 1190. The summed E-state index contributed by atoms with van der Waals surface area (Å²) in [5.41, 5.74) is 3.54. The summed E-state index contributed by atoms with van der Waals surface area (Å²) >= 11 is 13.5. The van der Waals surface area contributed by atoms with E-state index in [2.05, 4.69) is 10.3 Å². The average molecular weight is 469 g/mol. The number of carbonyl (C=O) groups is 1. The minimum absolute atomic E-state index is 0.172. The number of thioether (sulfide) groups is 1. The van der Waals surface area contributed by atoms with Gasteiger partial charge in [-0.2, -0.15) is 0 Å². The number of amides is 1. The van der Waals surface area contributed by atoms with Gasteiger partial charge in [-0.25, -0.2) is 4.99 Å². The van der Waals surface area contributed by atoms with Crippen molar-refractivity contribution >= 4 is 57.8 Å². The van der Waals surface area contributed by atoms with E-state index in [0.717, 1.165) is 28.1 Å². The molecule has 0 aromatic heterocycles. The molecule has 0 aliphatic carbocycles. The number of aliphatic imine (C=N–C) groups is 1. The predicted octanol–water partition coefficient (Wildman–Crippen LogP) is 6.77. The van der Waals surface area contributed by atoms with E-state index in [1.54, 1.807) is 6.07 Å². The summed E-state index contributed by atoms with van der Waals surface area (Å²) in [4.78, 5) is 17.4. The SMILES string of the molecule is Cc1cc(Cl)ccc1N=C1NC(=O)/C(=C/c2ccc(OCc3ccccc3Cl)cc2)S1. The highest BCUT2D eigenvalue weighted by Crippen LogP contribution is 2.30. The topological polar surface area (TPSA) is 50.7 Å². The Labute approximate surface area is 194 Å². The van der Waals surface area contributed by atoms with Gasteiger partial charge in [0.25, 0.3) is 5.91 Å². The molecule has 1 heterocycles. The van der Waals surface area contributed by atoms with E-state index in [1.807, 2.05) is 73.7 Å². The third-order valence-corrected chi connectivity index (χ3v) is 6.08. The van der Waals surface area contributed by atoms with Gasteiger partial charge in [-0.15, -0.1) is 0 Å². The number of nitrogens with zero attached hydrogens (tertiary/aromatic N) is 1. The van der Waals surface area contributed by atoms with Gasteiger partial charge >= 0.3 is 0 Å². The van der Waals surface area contributed by atoms with E-state index < -0.39 is 0 Å². The highest BCUT2D eigenvalue weighted by atomic mass is 35.5. The normalized spacial score (nSPS) is 16.0. The highest BCUT2D eigenvalue weighted by Gasteiger charge is 2.24. The number of hydrogen-bond donors (Lipinski definition) is 1. The first kappa shape index (κ1) is 21.5. The molecular weight excluding hydrogens is 451 g/mol. The van der Waals surface area contributed by atoms with Crippen LogP contribution in [0.5, 0.6) is 5.75 Å². The maximum Gasteiger partial charge on any atom is 0.264 e. The minimum atomic E-state index is -0.172. The number of carbonyl (C=O) groups excluding carboxylic acids is 1. The van der Waals surface area contributed by atoms with Crippen LogP contribution in [0.15, 0.2) is 76.6 Å². The Morgan fingerprint density at radius 2 is 1.84 bits per heavy atom. The second-order valence-corrected chi connectivity index (χ2v) is 8.74. The Kier molecular flexibility index (Phi) is 6.66. The lowest BCUT2D eigenvalue weighted by Gasteiger charge is -2.08. The average Bonchev–Trinajstić information content (AvgIpc) is 3.09. The molecular formula is C24H18Cl2N2O2S. The van der Waals surface area contributed by atoms with E-state index in [9.17, 15) is 4.79 Å². The lowest BCUT2D eigenvalue weighted by molar-refractivity contribution is -0.115. The third kappa shape index (κ3) is 5.50. The molecule has 3 aromatic carbocycles. The summed E-state index contributed by atoms with van der Waals surface area (Å²) in [6.45, 7) is 2.32. The Morgan fingerprint density at radius 3 is 2.58 bits per heavy atom. The van der Waals surface area contributed by atoms with E-state index in [1.165, 1.54) is 11.8 Å². The number of ether oxygens (including phenoxy) is 1. The molecule has 31 heavy (non-hydrogen) atoms. The molecule has 0 radical (unpaired) electrons. The Morgan fingerprint density at radius 1 is 1.06 bits per heavy atom.